The molecule has 0 atom stereocenters. The number of halogens is 1. The Morgan fingerprint density at radius 3 is 2.56 bits per heavy atom. The van der Waals surface area contributed by atoms with E-state index in [1.54, 1.807) is 11.8 Å². The maximum absolute atomic E-state index is 6.11. The summed E-state index contributed by atoms with van der Waals surface area (Å²) in [6.45, 7) is 8.52. The Hall–Kier alpha value is -0.280. The van der Waals surface area contributed by atoms with Gasteiger partial charge in [-0.1, -0.05) is 32.4 Å². The van der Waals surface area contributed by atoms with Crippen LogP contribution in [0.1, 0.15) is 38.6 Å². The van der Waals surface area contributed by atoms with Crippen LogP contribution in [-0.2, 0) is 6.42 Å². The highest BCUT2D eigenvalue weighted by Crippen LogP contribution is 2.26. The summed E-state index contributed by atoms with van der Waals surface area (Å²) in [5.41, 5.74) is 1.01. The second kappa shape index (κ2) is 6.45. The van der Waals surface area contributed by atoms with Crippen LogP contribution in [0.15, 0.2) is 5.03 Å². The number of hydrogen-bond donors (Lipinski definition) is 0. The zero-order chi connectivity index (χ0) is 12.1. The Morgan fingerprint density at radius 1 is 1.31 bits per heavy atom. The molecule has 0 aliphatic rings. The lowest BCUT2D eigenvalue weighted by molar-refractivity contribution is 0.746. The van der Waals surface area contributed by atoms with Gasteiger partial charge >= 0.3 is 0 Å². The van der Waals surface area contributed by atoms with Crippen molar-refractivity contribution in [2.45, 2.75) is 45.6 Å². The maximum atomic E-state index is 6.11. The lowest BCUT2D eigenvalue weighted by Crippen LogP contribution is -2.01. The standard InChI is InChI=1S/C12H19ClN2S/c1-5-6-10-14-11(13)9(4)12(15-10)16-7-8(2)3/h8H,5-7H2,1-4H3. The molecule has 90 valence electrons. The molecule has 16 heavy (non-hydrogen) atoms. The fourth-order valence-electron chi connectivity index (χ4n) is 1.23. The van der Waals surface area contributed by atoms with Gasteiger partial charge in [0.2, 0.25) is 0 Å². The van der Waals surface area contributed by atoms with Crippen molar-refractivity contribution in [1.82, 2.24) is 9.97 Å². The van der Waals surface area contributed by atoms with Crippen LogP contribution in [0.2, 0.25) is 5.15 Å². The van der Waals surface area contributed by atoms with Crippen LogP contribution in [0.3, 0.4) is 0 Å². The molecular formula is C12H19ClN2S. The van der Waals surface area contributed by atoms with Gasteiger partial charge in [-0.2, -0.15) is 0 Å². The van der Waals surface area contributed by atoms with Gasteiger partial charge in [-0.3, -0.25) is 0 Å². The molecule has 0 spiro atoms. The van der Waals surface area contributed by atoms with Gasteiger partial charge in [-0.05, 0) is 19.3 Å². The van der Waals surface area contributed by atoms with Gasteiger partial charge in [0.05, 0.1) is 0 Å². The molecular weight excluding hydrogens is 240 g/mol. The first-order valence-corrected chi connectivity index (χ1v) is 7.06. The van der Waals surface area contributed by atoms with Crippen molar-refractivity contribution in [2.24, 2.45) is 5.92 Å². The van der Waals surface area contributed by atoms with Gasteiger partial charge in [0.25, 0.3) is 0 Å². The van der Waals surface area contributed by atoms with E-state index in [9.17, 15) is 0 Å². The van der Waals surface area contributed by atoms with Gasteiger partial charge in [0, 0.05) is 17.7 Å². The Morgan fingerprint density at radius 2 is 2.00 bits per heavy atom. The summed E-state index contributed by atoms with van der Waals surface area (Å²) in [6.07, 6.45) is 1.95. The van der Waals surface area contributed by atoms with Crippen LogP contribution >= 0.6 is 23.4 Å². The molecule has 0 N–H and O–H groups in total. The van der Waals surface area contributed by atoms with E-state index in [1.807, 2.05) is 6.92 Å². The topological polar surface area (TPSA) is 25.8 Å². The zero-order valence-corrected chi connectivity index (χ0v) is 12.0. The molecule has 0 unspecified atom stereocenters. The number of rotatable bonds is 5. The summed E-state index contributed by atoms with van der Waals surface area (Å²) >= 11 is 7.88. The monoisotopic (exact) mass is 258 g/mol. The van der Waals surface area contributed by atoms with Crippen LogP contribution < -0.4 is 0 Å². The fraction of sp³-hybridized carbons (Fsp3) is 0.667. The third-order valence-corrected chi connectivity index (χ3v) is 3.99. The molecule has 0 aliphatic heterocycles. The van der Waals surface area contributed by atoms with E-state index in [1.165, 1.54) is 0 Å². The molecule has 0 aliphatic carbocycles. The summed E-state index contributed by atoms with van der Waals surface area (Å²) in [5, 5.41) is 1.64. The third-order valence-electron chi connectivity index (χ3n) is 2.12. The second-order valence-corrected chi connectivity index (χ2v) is 5.68. The van der Waals surface area contributed by atoms with Crippen molar-refractivity contribution in [3.8, 4) is 0 Å². The van der Waals surface area contributed by atoms with E-state index in [4.69, 9.17) is 11.6 Å². The van der Waals surface area contributed by atoms with E-state index in [0.29, 0.717) is 11.1 Å². The first-order valence-electron chi connectivity index (χ1n) is 5.70. The van der Waals surface area contributed by atoms with Crippen molar-refractivity contribution in [3.05, 3.63) is 16.5 Å². The molecule has 1 heterocycles. The minimum Gasteiger partial charge on any atom is -0.226 e. The van der Waals surface area contributed by atoms with Gasteiger partial charge < -0.3 is 0 Å². The van der Waals surface area contributed by atoms with Gasteiger partial charge in [0.15, 0.2) is 0 Å². The minimum atomic E-state index is 0.602. The molecule has 0 saturated heterocycles. The number of thioether (sulfide) groups is 1. The summed E-state index contributed by atoms with van der Waals surface area (Å²) in [7, 11) is 0. The molecule has 0 saturated carbocycles. The number of nitrogens with zero attached hydrogens (tertiary/aromatic N) is 2. The molecule has 0 amide bonds. The third kappa shape index (κ3) is 3.95. The normalized spacial score (nSPS) is 11.1. The Bertz CT molecular complexity index is 353. The summed E-state index contributed by atoms with van der Waals surface area (Å²) < 4.78 is 0. The van der Waals surface area contributed by atoms with E-state index in [2.05, 4.69) is 30.7 Å². The van der Waals surface area contributed by atoms with E-state index in [0.717, 1.165) is 35.0 Å². The van der Waals surface area contributed by atoms with E-state index < -0.39 is 0 Å². The average Bonchev–Trinajstić information content (AvgIpc) is 2.21. The Labute approximate surface area is 107 Å². The number of aromatic nitrogens is 2. The highest BCUT2D eigenvalue weighted by Gasteiger charge is 2.10. The molecule has 1 aromatic heterocycles. The quantitative estimate of drug-likeness (QED) is 0.586. The van der Waals surface area contributed by atoms with Crippen molar-refractivity contribution < 1.29 is 0 Å². The van der Waals surface area contributed by atoms with Crippen LogP contribution in [0.25, 0.3) is 0 Å². The molecule has 2 nitrogen and oxygen atoms in total. The highest BCUT2D eigenvalue weighted by molar-refractivity contribution is 7.99. The average molecular weight is 259 g/mol. The fourth-order valence-corrected chi connectivity index (χ4v) is 2.45. The van der Waals surface area contributed by atoms with Crippen molar-refractivity contribution in [3.63, 3.8) is 0 Å². The van der Waals surface area contributed by atoms with Gasteiger partial charge in [0.1, 0.15) is 16.0 Å². The maximum Gasteiger partial charge on any atom is 0.136 e. The number of aryl methyl sites for hydroxylation is 1. The largest absolute Gasteiger partial charge is 0.226 e. The molecule has 0 fully saturated rings. The van der Waals surface area contributed by atoms with E-state index >= 15 is 0 Å². The van der Waals surface area contributed by atoms with Crippen LogP contribution in [0, 0.1) is 12.8 Å². The molecule has 1 aromatic rings. The first kappa shape index (κ1) is 13.8. The van der Waals surface area contributed by atoms with Gasteiger partial charge in [-0.25, -0.2) is 9.97 Å². The highest BCUT2D eigenvalue weighted by atomic mass is 35.5. The zero-order valence-electron chi connectivity index (χ0n) is 10.4. The van der Waals surface area contributed by atoms with Crippen molar-refractivity contribution in [2.75, 3.05) is 5.75 Å². The SMILES string of the molecule is CCCc1nc(Cl)c(C)c(SCC(C)C)n1. The minimum absolute atomic E-state index is 0.602. The lowest BCUT2D eigenvalue weighted by Gasteiger charge is -2.09. The summed E-state index contributed by atoms with van der Waals surface area (Å²) in [5.74, 6) is 2.59. The predicted molar refractivity (Wildman–Crippen MR) is 71.3 cm³/mol. The summed E-state index contributed by atoms with van der Waals surface area (Å²) in [4.78, 5) is 8.85. The lowest BCUT2D eigenvalue weighted by atomic mass is 10.3. The van der Waals surface area contributed by atoms with Crippen LogP contribution in [-0.4, -0.2) is 15.7 Å². The van der Waals surface area contributed by atoms with E-state index in [-0.39, 0.29) is 0 Å². The second-order valence-electron chi connectivity index (χ2n) is 4.32. The Balaban J connectivity index is 2.88. The molecule has 0 bridgehead atoms. The Kier molecular flexibility index (Phi) is 5.56. The van der Waals surface area contributed by atoms with Crippen molar-refractivity contribution >= 4 is 23.4 Å². The van der Waals surface area contributed by atoms with Gasteiger partial charge in [-0.15, -0.1) is 11.8 Å². The number of hydrogen-bond acceptors (Lipinski definition) is 3. The molecule has 0 radical (unpaired) electrons. The predicted octanol–water partition coefficient (Wildman–Crippen LogP) is 4.14. The molecule has 4 heteroatoms. The van der Waals surface area contributed by atoms with Crippen LogP contribution in [0.4, 0.5) is 0 Å². The molecule has 0 aromatic carbocycles. The smallest absolute Gasteiger partial charge is 0.136 e. The summed E-state index contributed by atoms with van der Waals surface area (Å²) in [6, 6.07) is 0. The molecule has 1 rings (SSSR count). The first-order chi connectivity index (χ1) is 7.54. The van der Waals surface area contributed by atoms with Crippen LogP contribution in [0.5, 0.6) is 0 Å². The van der Waals surface area contributed by atoms with Crippen molar-refractivity contribution in [1.29, 1.82) is 0 Å².